The first kappa shape index (κ1) is 54.4. The summed E-state index contributed by atoms with van der Waals surface area (Å²) < 4.78 is 9.38. The molecule has 2 aromatic heterocycles. The van der Waals surface area contributed by atoms with Crippen LogP contribution in [0.4, 0.5) is 22.7 Å². The van der Waals surface area contributed by atoms with Crippen molar-refractivity contribution in [3.05, 3.63) is 221 Å². The maximum absolute atomic E-state index is 7.13. The van der Waals surface area contributed by atoms with Gasteiger partial charge in [-0.1, -0.05) is 201 Å². The first-order valence-corrected chi connectivity index (χ1v) is 26.8. The minimum Gasteiger partial charge on any atom is -0.509 e. The Morgan fingerprint density at radius 2 is 0.974 bits per heavy atom. The van der Waals surface area contributed by atoms with E-state index in [-0.39, 0.29) is 48.1 Å². The number of ether oxygens (including phenoxy) is 1. The Hall–Kier alpha value is -6.42. The summed E-state index contributed by atoms with van der Waals surface area (Å²) in [7, 11) is 0. The molecule has 3 heterocycles. The third kappa shape index (κ3) is 10.3. The van der Waals surface area contributed by atoms with E-state index in [1.54, 1.807) is 0 Å². The molecule has 0 amide bonds. The second-order valence-corrected chi connectivity index (χ2v) is 26.1. The molecule has 0 radical (unpaired) electrons. The Balaban J connectivity index is 0.00000706. The van der Waals surface area contributed by atoms with E-state index >= 15 is 0 Å². The van der Waals surface area contributed by atoms with Gasteiger partial charge < -0.3 is 19.1 Å². The van der Waals surface area contributed by atoms with Crippen LogP contribution in [0.3, 0.4) is 0 Å². The van der Waals surface area contributed by atoms with Crippen molar-refractivity contribution >= 4 is 44.6 Å². The van der Waals surface area contributed by atoms with Gasteiger partial charge in [0.1, 0.15) is 5.82 Å². The fourth-order valence-electron chi connectivity index (χ4n) is 10.5. The number of nitrogens with zero attached hydrogens (tertiary/aromatic N) is 4. The van der Waals surface area contributed by atoms with Crippen molar-refractivity contribution in [3.63, 3.8) is 0 Å². The third-order valence-corrected chi connectivity index (χ3v) is 15.8. The van der Waals surface area contributed by atoms with Gasteiger partial charge in [-0.25, -0.2) is 4.98 Å². The van der Waals surface area contributed by atoms with Crippen LogP contribution in [0.15, 0.2) is 158 Å². The van der Waals surface area contributed by atoms with Crippen molar-refractivity contribution in [1.82, 2.24) is 9.55 Å². The van der Waals surface area contributed by atoms with Gasteiger partial charge in [-0.2, -0.15) is 6.07 Å². The van der Waals surface area contributed by atoms with Crippen LogP contribution < -0.4 is 14.5 Å². The molecular weight excluding hydrogens is 1110 g/mol. The zero-order valence-corrected chi connectivity index (χ0v) is 49.9. The monoisotopic (exact) mass is 1180 g/mol. The summed E-state index contributed by atoms with van der Waals surface area (Å²) in [5.41, 5.74) is 15.2. The van der Waals surface area contributed by atoms with Gasteiger partial charge in [0.25, 0.3) is 0 Å². The zero-order chi connectivity index (χ0) is 53.6. The molecule has 0 fully saturated rings. The number of hydrogen-bond acceptors (Lipinski definition) is 4. The van der Waals surface area contributed by atoms with Crippen molar-refractivity contribution in [1.29, 1.82) is 0 Å². The van der Waals surface area contributed by atoms with E-state index in [4.69, 9.17) is 9.72 Å². The number of anilines is 4. The maximum Gasteiger partial charge on any atom is 0.135 e. The molecule has 0 aliphatic carbocycles. The summed E-state index contributed by atoms with van der Waals surface area (Å²) in [6.07, 6.45) is 1.93. The quantitative estimate of drug-likeness (QED) is 0.135. The van der Waals surface area contributed by atoms with Crippen molar-refractivity contribution < 1.29 is 25.8 Å². The summed E-state index contributed by atoms with van der Waals surface area (Å²) >= 11 is 0. The topological polar surface area (TPSA) is 33.5 Å². The van der Waals surface area contributed by atoms with E-state index in [1.165, 1.54) is 38.9 Å². The minimum absolute atomic E-state index is 0. The van der Waals surface area contributed by atoms with Crippen LogP contribution in [-0.4, -0.2) is 9.55 Å². The molecule has 6 heteroatoms. The molecule has 0 unspecified atom stereocenters. The average Bonchev–Trinajstić information content (AvgIpc) is 3.93. The normalized spacial score (nSPS) is 13.6. The van der Waals surface area contributed by atoms with Crippen molar-refractivity contribution in [3.8, 4) is 17.3 Å². The first-order chi connectivity index (χ1) is 35.2. The SMILES string of the molecule is CC(C)(C)c1cc(N2[CH-]N(c3[c-]c(Oc4[c-]c5c(cc4)c4cc(C(C)(C)C)ccc4n5-c4cc(C(C)(C)C)ccn4)cc(C(C)(C)c4ccccc4)c3)c3cc(C(C)(C)C)ccc32)cc(C(C)(C)c2ccccc2)c1.[Pt]. The molecule has 5 nitrogen and oxygen atoms in total. The smallest absolute Gasteiger partial charge is 0.135 e. The molecule has 0 saturated heterocycles. The Morgan fingerprint density at radius 1 is 0.421 bits per heavy atom. The number of fused-ring (bicyclic) bond motifs is 4. The molecule has 76 heavy (non-hydrogen) atoms. The molecule has 0 bridgehead atoms. The van der Waals surface area contributed by atoms with Crippen molar-refractivity contribution in [2.45, 2.75) is 143 Å². The molecule has 9 aromatic rings. The molecule has 394 valence electrons. The van der Waals surface area contributed by atoms with Gasteiger partial charge in [-0.3, -0.25) is 0 Å². The molecule has 1 aliphatic heterocycles. The van der Waals surface area contributed by atoms with E-state index in [9.17, 15) is 0 Å². The molecule has 0 saturated carbocycles. The van der Waals surface area contributed by atoms with Crippen molar-refractivity contribution in [2.75, 3.05) is 9.80 Å². The molecule has 0 atom stereocenters. The molecule has 7 aromatic carbocycles. The van der Waals surface area contributed by atoms with Crippen LogP contribution >= 0.6 is 0 Å². The van der Waals surface area contributed by atoms with Gasteiger partial charge in [0.05, 0.1) is 0 Å². The van der Waals surface area contributed by atoms with E-state index in [0.29, 0.717) is 11.5 Å². The number of aromatic nitrogens is 2. The van der Waals surface area contributed by atoms with E-state index < -0.39 is 5.41 Å². The van der Waals surface area contributed by atoms with Crippen LogP contribution in [0, 0.1) is 18.8 Å². The Kier molecular flexibility index (Phi) is 14.0. The Bertz CT molecular complexity index is 3600. The van der Waals surface area contributed by atoms with Gasteiger partial charge in [0.2, 0.25) is 0 Å². The van der Waals surface area contributed by atoms with E-state index in [2.05, 4.69) is 296 Å². The molecular formula is C70H75N4OPt-3. The van der Waals surface area contributed by atoms with Gasteiger partial charge >= 0.3 is 0 Å². The van der Waals surface area contributed by atoms with Gasteiger partial charge in [0, 0.05) is 66.8 Å². The summed E-state index contributed by atoms with van der Waals surface area (Å²) in [6.45, 7) is 38.9. The average molecular weight is 1180 g/mol. The van der Waals surface area contributed by atoms with Crippen molar-refractivity contribution in [2.24, 2.45) is 0 Å². The fourth-order valence-corrected chi connectivity index (χ4v) is 10.5. The molecule has 0 spiro atoms. The Labute approximate surface area is 468 Å². The number of rotatable bonds is 9. The largest absolute Gasteiger partial charge is 0.509 e. The summed E-state index contributed by atoms with van der Waals surface area (Å²) in [6, 6.07) is 63.3. The van der Waals surface area contributed by atoms with Gasteiger partial charge in [0.15, 0.2) is 0 Å². The van der Waals surface area contributed by atoms with Gasteiger partial charge in [-0.15, -0.1) is 53.6 Å². The zero-order valence-electron chi connectivity index (χ0n) is 47.6. The Morgan fingerprint density at radius 3 is 1.58 bits per heavy atom. The second-order valence-electron chi connectivity index (χ2n) is 26.1. The minimum atomic E-state index is -0.397. The predicted octanol–water partition coefficient (Wildman–Crippen LogP) is 18.8. The predicted molar refractivity (Wildman–Crippen MR) is 316 cm³/mol. The van der Waals surface area contributed by atoms with Crippen LogP contribution in [-0.2, 0) is 53.6 Å². The number of pyridine rings is 1. The van der Waals surface area contributed by atoms with Crippen LogP contribution in [0.25, 0.3) is 27.6 Å². The first-order valence-electron chi connectivity index (χ1n) is 26.8. The molecule has 10 rings (SSSR count). The number of hydrogen-bond donors (Lipinski definition) is 0. The van der Waals surface area contributed by atoms with Crippen LogP contribution in [0.5, 0.6) is 11.5 Å². The molecule has 0 N–H and O–H groups in total. The van der Waals surface area contributed by atoms with E-state index in [0.717, 1.165) is 55.9 Å². The van der Waals surface area contributed by atoms with E-state index in [1.807, 2.05) is 6.20 Å². The number of benzene rings is 7. The summed E-state index contributed by atoms with van der Waals surface area (Å²) in [5, 5.41) is 2.26. The van der Waals surface area contributed by atoms with Crippen LogP contribution in [0.1, 0.15) is 155 Å². The second kappa shape index (κ2) is 19.5. The summed E-state index contributed by atoms with van der Waals surface area (Å²) in [5.74, 6) is 2.06. The molecule has 1 aliphatic rings. The van der Waals surface area contributed by atoms with Crippen LogP contribution in [0.2, 0.25) is 0 Å². The fraction of sp³-hybridized carbons (Fsp3) is 0.314. The maximum atomic E-state index is 7.13. The third-order valence-electron chi connectivity index (χ3n) is 15.8. The standard InChI is InChI=1S/C70H75N4O.Pt/c1-65(2,3)48-27-31-60-59(40-48)58-30-29-56(44-62(58)74(60)64-42-50(33-34-71-64)67(7,8)9)75-57-39-53(70(15,16)47-25-21-18-22-26-47)38-55(43-57)73-45-72(61-32-28-49(41-63(61)73)66(4,5)6)54-36-51(68(10,11)12)35-52(37-54)69(13,14)46-23-19-17-20-24-46;/h17-42,45H,1-16H3;/q-3;. The summed E-state index contributed by atoms with van der Waals surface area (Å²) in [4.78, 5) is 9.69. The van der Waals surface area contributed by atoms with Gasteiger partial charge in [-0.05, 0) is 114 Å².